The fourth-order valence-electron chi connectivity index (χ4n) is 1.34. The molecule has 3 nitrogen and oxygen atoms in total. The van der Waals surface area contributed by atoms with E-state index in [-0.39, 0.29) is 19.0 Å². The maximum atomic E-state index is 8.95. The summed E-state index contributed by atoms with van der Waals surface area (Å²) in [5.74, 6) is 0.900. The summed E-state index contributed by atoms with van der Waals surface area (Å²) in [6.45, 7) is 5.91. The molecule has 0 aromatic heterocycles. The lowest BCUT2D eigenvalue weighted by Crippen LogP contribution is -2.20. The van der Waals surface area contributed by atoms with Crippen LogP contribution in [0, 0.1) is 0 Å². The summed E-state index contributed by atoms with van der Waals surface area (Å²) in [6.07, 6.45) is 0. The first-order valence-electron chi connectivity index (χ1n) is 5.90. The maximum absolute atomic E-state index is 8.95. The molecule has 0 fully saturated rings. The van der Waals surface area contributed by atoms with Crippen LogP contribution in [-0.4, -0.2) is 23.4 Å². The predicted octanol–water partition coefficient (Wildman–Crippen LogP) is 2.82. The van der Waals surface area contributed by atoms with Gasteiger partial charge < -0.3 is 10.4 Å². The highest BCUT2D eigenvalue weighted by molar-refractivity contribution is 8.13. The van der Waals surface area contributed by atoms with Gasteiger partial charge in [-0.3, -0.25) is 4.99 Å². The Morgan fingerprint density at radius 2 is 1.83 bits per heavy atom. The molecule has 0 spiro atoms. The highest BCUT2D eigenvalue weighted by Gasteiger charge is 2.00. The number of aliphatic hydroxyl groups excluding tert-OH is 1. The van der Waals surface area contributed by atoms with Gasteiger partial charge in [0.2, 0.25) is 0 Å². The topological polar surface area (TPSA) is 44.6 Å². The first-order chi connectivity index (χ1) is 8.30. The number of aliphatic imine (C=N–C) groups is 1. The Morgan fingerprint density at radius 1 is 1.22 bits per heavy atom. The van der Waals surface area contributed by atoms with Gasteiger partial charge in [0.25, 0.3) is 0 Å². The van der Waals surface area contributed by atoms with E-state index in [2.05, 4.69) is 17.2 Å². The summed E-state index contributed by atoms with van der Waals surface area (Å²) in [7, 11) is 0. The van der Waals surface area contributed by atoms with Crippen molar-refractivity contribution in [3.63, 3.8) is 0 Å². The summed E-state index contributed by atoms with van der Waals surface area (Å²) in [4.78, 5) is 4.39. The highest BCUT2D eigenvalue weighted by Crippen LogP contribution is 2.14. The van der Waals surface area contributed by atoms with E-state index in [4.69, 9.17) is 5.11 Å². The van der Waals surface area contributed by atoms with E-state index in [1.807, 2.05) is 31.2 Å². The van der Waals surface area contributed by atoms with Crippen LogP contribution in [0.1, 0.15) is 25.0 Å². The van der Waals surface area contributed by atoms with Crippen molar-refractivity contribution >= 4 is 29.3 Å². The third-order valence-electron chi connectivity index (χ3n) is 2.21. The minimum Gasteiger partial charge on any atom is -0.392 e. The van der Waals surface area contributed by atoms with Gasteiger partial charge in [-0.15, -0.1) is 12.4 Å². The molecule has 1 rings (SSSR count). The van der Waals surface area contributed by atoms with Gasteiger partial charge in [-0.25, -0.2) is 0 Å². The second-order valence-corrected chi connectivity index (χ2v) is 4.54. The van der Waals surface area contributed by atoms with E-state index in [1.165, 1.54) is 5.56 Å². The predicted molar refractivity (Wildman–Crippen MR) is 82.6 cm³/mol. The average Bonchev–Trinajstić information content (AvgIpc) is 2.37. The SMILES string of the molecule is CCN=C(NCC)SCc1ccc(CO)cc1.Cl. The lowest BCUT2D eigenvalue weighted by Gasteiger charge is -2.07. The van der Waals surface area contributed by atoms with Crippen LogP contribution < -0.4 is 5.32 Å². The molecule has 0 aliphatic rings. The van der Waals surface area contributed by atoms with E-state index < -0.39 is 0 Å². The van der Waals surface area contributed by atoms with Crippen molar-refractivity contribution in [2.24, 2.45) is 4.99 Å². The van der Waals surface area contributed by atoms with E-state index in [0.29, 0.717) is 0 Å². The molecule has 18 heavy (non-hydrogen) atoms. The Balaban J connectivity index is 0.00000289. The van der Waals surface area contributed by atoms with Crippen LogP contribution in [0.3, 0.4) is 0 Å². The van der Waals surface area contributed by atoms with Crippen LogP contribution in [0.2, 0.25) is 0 Å². The molecule has 0 amide bonds. The summed E-state index contributed by atoms with van der Waals surface area (Å²) in [6, 6.07) is 8.02. The smallest absolute Gasteiger partial charge is 0.156 e. The number of thioether (sulfide) groups is 1. The number of aliphatic hydroxyl groups is 1. The molecule has 0 saturated carbocycles. The second-order valence-electron chi connectivity index (χ2n) is 3.57. The van der Waals surface area contributed by atoms with Crippen molar-refractivity contribution in [3.8, 4) is 0 Å². The van der Waals surface area contributed by atoms with E-state index >= 15 is 0 Å². The Morgan fingerprint density at radius 3 is 2.33 bits per heavy atom. The number of nitrogens with one attached hydrogen (secondary N) is 1. The lowest BCUT2D eigenvalue weighted by molar-refractivity contribution is 0.282. The number of benzene rings is 1. The molecule has 0 radical (unpaired) electrons. The highest BCUT2D eigenvalue weighted by atomic mass is 35.5. The number of hydrogen-bond acceptors (Lipinski definition) is 3. The van der Waals surface area contributed by atoms with Gasteiger partial charge in [0.15, 0.2) is 5.17 Å². The maximum Gasteiger partial charge on any atom is 0.156 e. The summed E-state index contributed by atoms with van der Waals surface area (Å²) >= 11 is 1.71. The van der Waals surface area contributed by atoms with Gasteiger partial charge in [-0.2, -0.15) is 0 Å². The molecule has 0 bridgehead atoms. The number of hydrogen-bond donors (Lipinski definition) is 2. The molecule has 0 aliphatic heterocycles. The Labute approximate surface area is 120 Å². The van der Waals surface area contributed by atoms with E-state index in [9.17, 15) is 0 Å². The molecule has 0 atom stereocenters. The van der Waals surface area contributed by atoms with E-state index in [1.54, 1.807) is 11.8 Å². The zero-order chi connectivity index (χ0) is 12.5. The molecule has 0 aliphatic carbocycles. The standard InChI is InChI=1S/C13H20N2OS.ClH/c1-3-14-13(15-4-2)17-10-12-7-5-11(9-16)6-8-12;/h5-8,16H,3-4,9-10H2,1-2H3,(H,14,15);1H. The van der Waals surface area contributed by atoms with Gasteiger partial charge in [-0.05, 0) is 25.0 Å². The third-order valence-corrected chi connectivity index (χ3v) is 3.24. The Kier molecular flexibility index (Phi) is 9.83. The normalized spacial score (nSPS) is 10.9. The first-order valence-corrected chi connectivity index (χ1v) is 6.88. The van der Waals surface area contributed by atoms with Crippen molar-refractivity contribution in [3.05, 3.63) is 35.4 Å². The third kappa shape index (κ3) is 6.28. The lowest BCUT2D eigenvalue weighted by atomic mass is 10.2. The van der Waals surface area contributed by atoms with Crippen molar-refractivity contribution in [1.29, 1.82) is 0 Å². The number of rotatable bonds is 5. The van der Waals surface area contributed by atoms with E-state index in [0.717, 1.165) is 29.6 Å². The van der Waals surface area contributed by atoms with Crippen LogP contribution in [0.5, 0.6) is 0 Å². The summed E-state index contributed by atoms with van der Waals surface area (Å²) in [5.41, 5.74) is 2.20. The van der Waals surface area contributed by atoms with Crippen LogP contribution in [0.4, 0.5) is 0 Å². The molecule has 0 unspecified atom stereocenters. The zero-order valence-corrected chi connectivity index (χ0v) is 12.5. The molecule has 1 aromatic rings. The van der Waals surface area contributed by atoms with Gasteiger partial charge in [0, 0.05) is 18.8 Å². The molecule has 2 N–H and O–H groups in total. The van der Waals surface area contributed by atoms with Crippen molar-refractivity contribution in [1.82, 2.24) is 5.32 Å². The zero-order valence-electron chi connectivity index (χ0n) is 10.8. The van der Waals surface area contributed by atoms with Crippen molar-refractivity contribution in [2.75, 3.05) is 13.1 Å². The van der Waals surface area contributed by atoms with Crippen LogP contribution in [0.25, 0.3) is 0 Å². The van der Waals surface area contributed by atoms with Crippen molar-refractivity contribution < 1.29 is 5.11 Å². The van der Waals surface area contributed by atoms with Crippen LogP contribution in [-0.2, 0) is 12.4 Å². The molecule has 1 aromatic carbocycles. The molecule has 0 heterocycles. The quantitative estimate of drug-likeness (QED) is 0.647. The average molecular weight is 289 g/mol. The Hall–Kier alpha value is -0.710. The Bertz CT molecular complexity index is 355. The second kappa shape index (κ2) is 10.2. The van der Waals surface area contributed by atoms with Crippen LogP contribution >= 0.6 is 24.2 Å². The minimum absolute atomic E-state index is 0. The first kappa shape index (κ1) is 17.3. The summed E-state index contributed by atoms with van der Waals surface area (Å²) in [5, 5.41) is 13.2. The molecule has 0 saturated heterocycles. The molecule has 5 heteroatoms. The van der Waals surface area contributed by atoms with Gasteiger partial charge >= 0.3 is 0 Å². The fourth-order valence-corrected chi connectivity index (χ4v) is 2.30. The van der Waals surface area contributed by atoms with Gasteiger partial charge in [0.05, 0.1) is 6.61 Å². The number of halogens is 1. The largest absolute Gasteiger partial charge is 0.392 e. The van der Waals surface area contributed by atoms with Crippen molar-refractivity contribution in [2.45, 2.75) is 26.2 Å². The number of amidine groups is 1. The minimum atomic E-state index is 0. The molecular formula is C13H21ClN2OS. The van der Waals surface area contributed by atoms with Crippen LogP contribution in [0.15, 0.2) is 29.3 Å². The van der Waals surface area contributed by atoms with Gasteiger partial charge in [-0.1, -0.05) is 36.0 Å². The van der Waals surface area contributed by atoms with Gasteiger partial charge in [0.1, 0.15) is 0 Å². The monoisotopic (exact) mass is 288 g/mol. The molecular weight excluding hydrogens is 268 g/mol. The summed E-state index contributed by atoms with van der Waals surface area (Å²) < 4.78 is 0. The fraction of sp³-hybridized carbons (Fsp3) is 0.462. The number of nitrogens with zero attached hydrogens (tertiary/aromatic N) is 1. The molecule has 102 valence electrons.